The van der Waals surface area contributed by atoms with Gasteiger partial charge in [-0.05, 0) is 28.3 Å². The van der Waals surface area contributed by atoms with Crippen LogP contribution in [0, 0.1) is 6.92 Å². The Morgan fingerprint density at radius 3 is 3.00 bits per heavy atom. The van der Waals surface area contributed by atoms with Gasteiger partial charge in [0.05, 0.1) is 6.54 Å². The van der Waals surface area contributed by atoms with Gasteiger partial charge in [0.2, 0.25) is 0 Å². The molecular weight excluding hydrogens is 198 g/mol. The molecule has 0 saturated heterocycles. The van der Waals surface area contributed by atoms with E-state index in [1.54, 1.807) is 16.0 Å². The summed E-state index contributed by atoms with van der Waals surface area (Å²) in [6, 6.07) is 0. The third kappa shape index (κ3) is 1.53. The molecule has 14 heavy (non-hydrogen) atoms. The van der Waals surface area contributed by atoms with E-state index >= 15 is 0 Å². The van der Waals surface area contributed by atoms with Crippen LogP contribution < -0.4 is 5.73 Å². The molecule has 2 N–H and O–H groups in total. The fraction of sp³-hybridized carbons (Fsp3) is 0.375. The van der Waals surface area contributed by atoms with Gasteiger partial charge in [-0.1, -0.05) is 0 Å². The summed E-state index contributed by atoms with van der Waals surface area (Å²) in [6.07, 6.45) is 0. The number of hydrogen-bond acceptors (Lipinski definition) is 5. The van der Waals surface area contributed by atoms with Crippen LogP contribution in [0.4, 0.5) is 0 Å². The molecule has 0 amide bonds. The highest BCUT2D eigenvalue weighted by Crippen LogP contribution is 2.23. The lowest BCUT2D eigenvalue weighted by atomic mass is 10.2. The van der Waals surface area contributed by atoms with Crippen molar-refractivity contribution in [1.29, 1.82) is 0 Å². The number of thiophene rings is 1. The Bertz CT molecular complexity index is 419. The second kappa shape index (κ2) is 3.85. The van der Waals surface area contributed by atoms with E-state index in [0.29, 0.717) is 13.1 Å². The number of nitrogens with zero attached hydrogens (tertiary/aromatic N) is 4. The van der Waals surface area contributed by atoms with Crippen LogP contribution in [0.2, 0.25) is 0 Å². The fourth-order valence-electron chi connectivity index (χ4n) is 1.26. The van der Waals surface area contributed by atoms with Gasteiger partial charge in [0.25, 0.3) is 0 Å². The minimum Gasteiger partial charge on any atom is -0.329 e. The Hall–Kier alpha value is -1.27. The molecule has 0 aliphatic carbocycles. The SMILES string of the molecule is Cc1cscc1-c1nnnn1CCN. The van der Waals surface area contributed by atoms with Gasteiger partial charge < -0.3 is 5.73 Å². The minimum absolute atomic E-state index is 0.543. The molecule has 2 aromatic heterocycles. The predicted molar refractivity (Wildman–Crippen MR) is 54.9 cm³/mol. The zero-order chi connectivity index (χ0) is 9.97. The summed E-state index contributed by atoms with van der Waals surface area (Å²) >= 11 is 1.65. The molecule has 0 aliphatic heterocycles. The van der Waals surface area contributed by atoms with E-state index in [1.165, 1.54) is 5.56 Å². The maximum absolute atomic E-state index is 5.47. The van der Waals surface area contributed by atoms with E-state index < -0.39 is 0 Å². The molecule has 0 saturated carbocycles. The van der Waals surface area contributed by atoms with Crippen LogP contribution in [-0.4, -0.2) is 26.8 Å². The first-order valence-corrected chi connectivity index (χ1v) is 5.26. The molecule has 0 radical (unpaired) electrons. The first kappa shape index (κ1) is 9.29. The Kier molecular flexibility index (Phi) is 2.55. The summed E-state index contributed by atoms with van der Waals surface area (Å²) in [7, 11) is 0. The average Bonchev–Trinajstić information content (AvgIpc) is 2.74. The van der Waals surface area contributed by atoms with Crippen LogP contribution >= 0.6 is 11.3 Å². The lowest BCUT2D eigenvalue weighted by Crippen LogP contribution is -2.12. The predicted octanol–water partition coefficient (Wildman–Crippen LogP) is 0.669. The van der Waals surface area contributed by atoms with E-state index in [-0.39, 0.29) is 0 Å². The van der Waals surface area contributed by atoms with E-state index in [9.17, 15) is 0 Å². The van der Waals surface area contributed by atoms with Crippen molar-refractivity contribution in [2.75, 3.05) is 6.54 Å². The average molecular weight is 209 g/mol. The van der Waals surface area contributed by atoms with Gasteiger partial charge in [0.15, 0.2) is 5.82 Å². The van der Waals surface area contributed by atoms with Crippen molar-refractivity contribution in [3.05, 3.63) is 16.3 Å². The molecule has 0 aliphatic rings. The highest BCUT2D eigenvalue weighted by Gasteiger charge is 2.10. The van der Waals surface area contributed by atoms with Gasteiger partial charge in [-0.2, -0.15) is 11.3 Å². The van der Waals surface area contributed by atoms with Gasteiger partial charge in [-0.15, -0.1) is 5.10 Å². The number of aromatic nitrogens is 4. The number of tetrazole rings is 1. The summed E-state index contributed by atoms with van der Waals surface area (Å²) in [5, 5.41) is 15.7. The smallest absolute Gasteiger partial charge is 0.183 e. The highest BCUT2D eigenvalue weighted by molar-refractivity contribution is 7.08. The third-order valence-electron chi connectivity index (χ3n) is 1.97. The Morgan fingerprint density at radius 2 is 2.36 bits per heavy atom. The summed E-state index contributed by atoms with van der Waals surface area (Å²) in [5.41, 5.74) is 7.75. The zero-order valence-electron chi connectivity index (χ0n) is 7.84. The van der Waals surface area contributed by atoms with Crippen molar-refractivity contribution in [2.24, 2.45) is 5.73 Å². The van der Waals surface area contributed by atoms with E-state index in [4.69, 9.17) is 5.73 Å². The monoisotopic (exact) mass is 209 g/mol. The molecule has 0 fully saturated rings. The molecule has 0 atom stereocenters. The Balaban J connectivity index is 2.41. The van der Waals surface area contributed by atoms with Crippen molar-refractivity contribution >= 4 is 11.3 Å². The minimum atomic E-state index is 0.543. The second-order valence-corrected chi connectivity index (χ2v) is 3.73. The largest absolute Gasteiger partial charge is 0.329 e. The quantitative estimate of drug-likeness (QED) is 0.806. The van der Waals surface area contributed by atoms with Crippen LogP contribution in [0.1, 0.15) is 5.56 Å². The lowest BCUT2D eigenvalue weighted by Gasteiger charge is -2.01. The molecule has 5 nitrogen and oxygen atoms in total. The van der Waals surface area contributed by atoms with Crippen LogP contribution in [0.25, 0.3) is 11.4 Å². The molecule has 0 bridgehead atoms. The van der Waals surface area contributed by atoms with Crippen LogP contribution in [0.15, 0.2) is 10.8 Å². The van der Waals surface area contributed by atoms with Gasteiger partial charge in [0, 0.05) is 17.5 Å². The second-order valence-electron chi connectivity index (χ2n) is 2.98. The normalized spacial score (nSPS) is 10.7. The molecule has 0 spiro atoms. The van der Waals surface area contributed by atoms with Crippen molar-refractivity contribution in [2.45, 2.75) is 13.5 Å². The Morgan fingerprint density at radius 1 is 1.50 bits per heavy atom. The lowest BCUT2D eigenvalue weighted by molar-refractivity contribution is 0.603. The molecule has 0 unspecified atom stereocenters. The number of hydrogen-bond donors (Lipinski definition) is 1. The van der Waals surface area contributed by atoms with Gasteiger partial charge in [0.1, 0.15) is 0 Å². The maximum Gasteiger partial charge on any atom is 0.183 e. The third-order valence-corrected chi connectivity index (χ3v) is 2.83. The summed E-state index contributed by atoms with van der Waals surface area (Å²) in [6.45, 7) is 3.24. The molecule has 2 rings (SSSR count). The first-order valence-electron chi connectivity index (χ1n) is 4.32. The van der Waals surface area contributed by atoms with Gasteiger partial charge in [-0.25, -0.2) is 4.68 Å². The highest BCUT2D eigenvalue weighted by atomic mass is 32.1. The van der Waals surface area contributed by atoms with Crippen molar-refractivity contribution in [1.82, 2.24) is 20.2 Å². The molecule has 0 aromatic carbocycles. The van der Waals surface area contributed by atoms with Crippen molar-refractivity contribution < 1.29 is 0 Å². The molecule has 2 aromatic rings. The van der Waals surface area contributed by atoms with Crippen LogP contribution in [0.3, 0.4) is 0 Å². The van der Waals surface area contributed by atoms with E-state index in [1.807, 2.05) is 12.3 Å². The van der Waals surface area contributed by atoms with Crippen LogP contribution in [-0.2, 0) is 6.54 Å². The Labute approximate surface area is 85.5 Å². The van der Waals surface area contributed by atoms with E-state index in [0.717, 1.165) is 11.4 Å². The van der Waals surface area contributed by atoms with Crippen molar-refractivity contribution in [3.8, 4) is 11.4 Å². The summed E-state index contributed by atoms with van der Waals surface area (Å²) in [5.74, 6) is 0.800. The van der Waals surface area contributed by atoms with Gasteiger partial charge >= 0.3 is 0 Å². The summed E-state index contributed by atoms with van der Waals surface area (Å²) < 4.78 is 1.73. The van der Waals surface area contributed by atoms with Crippen molar-refractivity contribution in [3.63, 3.8) is 0 Å². The number of rotatable bonds is 3. The number of nitrogens with two attached hydrogens (primary N) is 1. The van der Waals surface area contributed by atoms with E-state index in [2.05, 4.69) is 20.9 Å². The first-order chi connectivity index (χ1) is 6.83. The number of aryl methyl sites for hydroxylation is 1. The standard InChI is InChI=1S/C8H11N5S/c1-6-4-14-5-7(6)8-10-11-12-13(8)3-2-9/h4-5H,2-3,9H2,1H3. The molecule has 6 heteroatoms. The maximum atomic E-state index is 5.47. The van der Waals surface area contributed by atoms with Crippen LogP contribution in [0.5, 0.6) is 0 Å². The molecule has 74 valence electrons. The zero-order valence-corrected chi connectivity index (χ0v) is 8.66. The molecular formula is C8H11N5S. The fourth-order valence-corrected chi connectivity index (χ4v) is 2.09. The van der Waals surface area contributed by atoms with Gasteiger partial charge in [-0.3, -0.25) is 0 Å². The molecule has 2 heterocycles. The summed E-state index contributed by atoms with van der Waals surface area (Å²) in [4.78, 5) is 0. The topological polar surface area (TPSA) is 69.6 Å².